The number of rotatable bonds is 12. The first-order valence-corrected chi connectivity index (χ1v) is 16.4. The van der Waals surface area contributed by atoms with Gasteiger partial charge in [-0.25, -0.2) is 9.19 Å². The minimum absolute atomic E-state index is 0. The molecule has 2 aromatic rings. The number of allylic oxidation sites excluding steroid dienone is 3. The maximum Gasteiger partial charge on any atom is 0.329 e. The van der Waals surface area contributed by atoms with Crippen LogP contribution in [0.15, 0.2) is 81.6 Å². The molecular weight excluding hydrogens is 638 g/mol. The lowest BCUT2D eigenvalue weighted by Gasteiger charge is -2.33. The molecule has 0 aromatic heterocycles. The summed E-state index contributed by atoms with van der Waals surface area (Å²) in [4.78, 5) is 53.8. The SMILES string of the molecule is CCOC(=O)[C@H](CCc1ccccc1)N[C@@H]1CC(C[C@H](NC(C)=O)C(=O)OC(C)(C)C)=CC(C2=CC=NSc3ccccc32)C1=O.Cl. The fraction of sp³-hybridized carbons (Fsp3) is 0.417. The second kappa shape index (κ2) is 17.4. The number of nitrogens with zero attached hydrogens (tertiary/aromatic N) is 1. The number of carbonyl (C=O) groups is 4. The van der Waals surface area contributed by atoms with E-state index < -0.39 is 41.6 Å². The van der Waals surface area contributed by atoms with Crippen LogP contribution in [0.4, 0.5) is 0 Å². The van der Waals surface area contributed by atoms with Crippen molar-refractivity contribution in [1.82, 2.24) is 10.6 Å². The summed E-state index contributed by atoms with van der Waals surface area (Å²) < 4.78 is 15.5. The Hall–Kier alpha value is -3.73. The number of esters is 2. The van der Waals surface area contributed by atoms with E-state index in [1.165, 1.54) is 18.9 Å². The van der Waals surface area contributed by atoms with Crippen LogP contribution in [0.1, 0.15) is 65.0 Å². The van der Waals surface area contributed by atoms with Crippen molar-refractivity contribution >= 4 is 59.8 Å². The van der Waals surface area contributed by atoms with Crippen molar-refractivity contribution in [3.63, 3.8) is 0 Å². The van der Waals surface area contributed by atoms with Gasteiger partial charge in [0.2, 0.25) is 5.91 Å². The molecule has 1 heterocycles. The van der Waals surface area contributed by atoms with Crippen molar-refractivity contribution in [1.29, 1.82) is 0 Å². The monoisotopic (exact) mass is 681 g/mol. The van der Waals surface area contributed by atoms with Gasteiger partial charge in [-0.3, -0.25) is 19.7 Å². The fourth-order valence-corrected chi connectivity index (χ4v) is 6.29. The molecule has 0 saturated heterocycles. The molecule has 11 heteroatoms. The molecule has 0 fully saturated rings. The first-order chi connectivity index (χ1) is 21.9. The van der Waals surface area contributed by atoms with Gasteiger partial charge < -0.3 is 14.8 Å². The largest absolute Gasteiger partial charge is 0.465 e. The van der Waals surface area contributed by atoms with E-state index in [-0.39, 0.29) is 43.5 Å². The third kappa shape index (κ3) is 10.9. The van der Waals surface area contributed by atoms with Crippen molar-refractivity contribution in [3.05, 3.63) is 83.4 Å². The second-order valence-electron chi connectivity index (χ2n) is 12.4. The Morgan fingerprint density at radius 3 is 2.40 bits per heavy atom. The molecule has 0 bridgehead atoms. The van der Waals surface area contributed by atoms with Gasteiger partial charge in [-0.05, 0) is 82.2 Å². The summed E-state index contributed by atoms with van der Waals surface area (Å²) in [6.45, 7) is 8.62. The van der Waals surface area contributed by atoms with Crippen LogP contribution >= 0.6 is 24.4 Å². The predicted octanol–water partition coefficient (Wildman–Crippen LogP) is 5.86. The number of amides is 1. The molecule has 2 aromatic carbocycles. The van der Waals surface area contributed by atoms with E-state index in [1.54, 1.807) is 33.9 Å². The Labute approximate surface area is 287 Å². The lowest BCUT2D eigenvalue weighted by atomic mass is 9.77. The first-order valence-electron chi connectivity index (χ1n) is 15.6. The third-order valence-corrected chi connectivity index (χ3v) is 8.37. The van der Waals surface area contributed by atoms with Gasteiger partial charge in [0.15, 0.2) is 5.78 Å². The number of ether oxygens (including phenoxy) is 2. The summed E-state index contributed by atoms with van der Waals surface area (Å²) in [5, 5.41) is 6.08. The second-order valence-corrected chi connectivity index (χ2v) is 13.2. The maximum atomic E-state index is 14.4. The van der Waals surface area contributed by atoms with Gasteiger partial charge in [-0.2, -0.15) is 0 Å². The van der Waals surface area contributed by atoms with Crippen LogP contribution in [0.5, 0.6) is 0 Å². The Morgan fingerprint density at radius 2 is 1.72 bits per heavy atom. The van der Waals surface area contributed by atoms with Crippen molar-refractivity contribution < 1.29 is 28.7 Å². The summed E-state index contributed by atoms with van der Waals surface area (Å²) in [6.07, 6.45) is 6.83. The summed E-state index contributed by atoms with van der Waals surface area (Å²) >= 11 is 1.33. The number of hydrogen-bond acceptors (Lipinski definition) is 9. The van der Waals surface area contributed by atoms with Crippen molar-refractivity contribution in [2.24, 2.45) is 10.3 Å². The number of ketones is 1. The van der Waals surface area contributed by atoms with E-state index in [1.807, 2.05) is 66.7 Å². The Bertz CT molecular complexity index is 1520. The number of Topliss-reactive ketones (excluding diaryl/α,β-unsaturated/α-hetero) is 1. The number of aryl methyl sites for hydroxylation is 1. The van der Waals surface area contributed by atoms with Crippen LogP contribution < -0.4 is 10.6 Å². The molecule has 2 N–H and O–H groups in total. The molecule has 252 valence electrons. The number of carbonyl (C=O) groups excluding carboxylic acids is 4. The quantitative estimate of drug-likeness (QED) is 0.162. The minimum Gasteiger partial charge on any atom is -0.465 e. The molecule has 4 rings (SSSR count). The van der Waals surface area contributed by atoms with Crippen LogP contribution in [-0.2, 0) is 35.1 Å². The van der Waals surface area contributed by atoms with Gasteiger partial charge in [0, 0.05) is 30.0 Å². The lowest BCUT2D eigenvalue weighted by molar-refractivity contribution is -0.158. The highest BCUT2D eigenvalue weighted by Gasteiger charge is 2.38. The van der Waals surface area contributed by atoms with Gasteiger partial charge in [-0.1, -0.05) is 60.2 Å². The van der Waals surface area contributed by atoms with E-state index in [2.05, 4.69) is 15.0 Å². The highest BCUT2D eigenvalue weighted by atomic mass is 35.5. The van der Waals surface area contributed by atoms with Crippen LogP contribution in [0.25, 0.3) is 5.57 Å². The molecule has 2 aliphatic rings. The Morgan fingerprint density at radius 1 is 1.02 bits per heavy atom. The van der Waals surface area contributed by atoms with Gasteiger partial charge >= 0.3 is 11.9 Å². The molecule has 4 atom stereocenters. The van der Waals surface area contributed by atoms with Crippen LogP contribution in [0, 0.1) is 5.92 Å². The van der Waals surface area contributed by atoms with E-state index in [9.17, 15) is 19.2 Å². The van der Waals surface area contributed by atoms with Crippen molar-refractivity contribution in [2.45, 2.75) is 88.9 Å². The molecular formula is C36H44ClN3O6S. The molecule has 9 nitrogen and oxygen atoms in total. The molecule has 0 radical (unpaired) electrons. The molecule has 47 heavy (non-hydrogen) atoms. The highest BCUT2D eigenvalue weighted by molar-refractivity contribution is 7.98. The topological polar surface area (TPSA) is 123 Å². The maximum absolute atomic E-state index is 14.4. The average Bonchev–Trinajstić information content (AvgIpc) is 3.22. The molecule has 0 spiro atoms. The zero-order valence-electron chi connectivity index (χ0n) is 27.5. The number of halogens is 1. The summed E-state index contributed by atoms with van der Waals surface area (Å²) in [5.74, 6) is -2.15. The molecule has 1 unspecified atom stereocenters. The summed E-state index contributed by atoms with van der Waals surface area (Å²) in [7, 11) is 0. The van der Waals surface area contributed by atoms with Crippen LogP contribution in [0.2, 0.25) is 0 Å². The first kappa shape index (κ1) is 37.7. The number of nitrogens with one attached hydrogen (secondary N) is 2. The van der Waals surface area contributed by atoms with Gasteiger partial charge in [0.1, 0.15) is 17.7 Å². The molecule has 0 saturated carbocycles. The number of benzene rings is 2. The van der Waals surface area contributed by atoms with E-state index in [0.717, 1.165) is 27.2 Å². The zero-order chi connectivity index (χ0) is 33.3. The van der Waals surface area contributed by atoms with Gasteiger partial charge in [0.05, 0.1) is 18.6 Å². The summed E-state index contributed by atoms with van der Waals surface area (Å²) in [5.41, 5.74) is 2.75. The number of hydrogen-bond donors (Lipinski definition) is 2. The average molecular weight is 682 g/mol. The van der Waals surface area contributed by atoms with Crippen LogP contribution in [-0.4, -0.2) is 60.2 Å². The van der Waals surface area contributed by atoms with Gasteiger partial charge in [0.25, 0.3) is 0 Å². The normalized spacial score (nSPS) is 18.7. The fourth-order valence-electron chi connectivity index (χ4n) is 5.63. The smallest absolute Gasteiger partial charge is 0.329 e. The Kier molecular flexibility index (Phi) is 14.0. The minimum atomic E-state index is -0.955. The Balaban J connectivity index is 0.00000600. The lowest BCUT2D eigenvalue weighted by Crippen LogP contribution is -2.51. The number of fused-ring (bicyclic) bond motifs is 1. The van der Waals surface area contributed by atoms with Gasteiger partial charge in [-0.15, -0.1) is 12.4 Å². The van der Waals surface area contributed by atoms with Crippen molar-refractivity contribution in [3.8, 4) is 0 Å². The zero-order valence-corrected chi connectivity index (χ0v) is 29.1. The van der Waals surface area contributed by atoms with Crippen molar-refractivity contribution in [2.75, 3.05) is 6.61 Å². The van der Waals surface area contributed by atoms with E-state index >= 15 is 0 Å². The standard InChI is InChI=1S/C36H43N3O6S.ClH/c1-6-44-34(42)29(17-16-24-12-8-7-9-13-24)39-30-21-25(22-31(38-23(2)40)35(43)45-36(3,4)5)20-28(33(30)41)26-18-19-37-46-32-15-11-10-14-27(26)32;/h7-15,18-20,28-31,39H,6,16-17,21-22H2,1-5H3,(H,38,40);1H/t28?,29-,30+,31-;/m0./s1. The third-order valence-electron chi connectivity index (χ3n) is 7.59. The highest BCUT2D eigenvalue weighted by Crippen LogP contribution is 2.39. The van der Waals surface area contributed by atoms with E-state index in [0.29, 0.717) is 12.8 Å². The van der Waals surface area contributed by atoms with Crippen LogP contribution in [0.3, 0.4) is 0 Å². The molecule has 1 aliphatic heterocycles. The molecule has 1 amide bonds. The van der Waals surface area contributed by atoms with E-state index in [4.69, 9.17) is 9.47 Å². The molecule has 1 aliphatic carbocycles. The predicted molar refractivity (Wildman–Crippen MR) is 187 cm³/mol. The summed E-state index contributed by atoms with van der Waals surface area (Å²) in [6, 6.07) is 15.1.